The van der Waals surface area contributed by atoms with Crippen molar-refractivity contribution in [1.82, 2.24) is 9.97 Å². The number of nitrogens with zero attached hydrogens (tertiary/aromatic N) is 2. The molecule has 0 N–H and O–H groups in total. The minimum absolute atomic E-state index is 0.606. The average molecular weight is 283 g/mol. The Kier molecular flexibility index (Phi) is 3.50. The van der Waals surface area contributed by atoms with Crippen LogP contribution in [0.3, 0.4) is 0 Å². The molecule has 0 unspecified atom stereocenters. The molecule has 0 bridgehead atoms. The molecule has 96 valence electrons. The Morgan fingerprint density at radius 1 is 1.44 bits per heavy atom. The Hall–Kier alpha value is -0.710. The molecular weight excluding hydrogens is 268 g/mol. The van der Waals surface area contributed by atoms with Gasteiger partial charge in [0.15, 0.2) is 0 Å². The van der Waals surface area contributed by atoms with E-state index < -0.39 is 0 Å². The van der Waals surface area contributed by atoms with Crippen LogP contribution in [0.15, 0.2) is 5.38 Å². The second-order valence-corrected chi connectivity index (χ2v) is 5.74. The summed E-state index contributed by atoms with van der Waals surface area (Å²) in [5.41, 5.74) is 1.34. The molecular formula is C13H15ClN2OS. The Morgan fingerprint density at radius 3 is 3.00 bits per heavy atom. The number of thiophene rings is 1. The minimum atomic E-state index is 0.606. The first-order valence-electron chi connectivity index (χ1n) is 6.31. The zero-order chi connectivity index (χ0) is 12.5. The summed E-state index contributed by atoms with van der Waals surface area (Å²) in [6.45, 7) is 3.36. The molecule has 18 heavy (non-hydrogen) atoms. The summed E-state index contributed by atoms with van der Waals surface area (Å²) < 4.78 is 5.32. The Labute approximate surface area is 115 Å². The van der Waals surface area contributed by atoms with Crippen molar-refractivity contribution in [3.05, 3.63) is 21.9 Å². The number of aromatic nitrogens is 2. The van der Waals surface area contributed by atoms with E-state index in [1.165, 1.54) is 18.4 Å². The van der Waals surface area contributed by atoms with Crippen LogP contribution in [-0.4, -0.2) is 23.2 Å². The van der Waals surface area contributed by atoms with Crippen LogP contribution in [0.4, 0.5) is 0 Å². The Bertz CT molecular complexity index is 565. The molecule has 0 saturated heterocycles. The van der Waals surface area contributed by atoms with Crippen molar-refractivity contribution >= 4 is 33.2 Å². The molecule has 3 rings (SSSR count). The van der Waals surface area contributed by atoms with Crippen LogP contribution in [0, 0.1) is 0 Å². The van der Waals surface area contributed by atoms with Crippen molar-refractivity contribution in [3.63, 3.8) is 0 Å². The fourth-order valence-electron chi connectivity index (χ4n) is 2.08. The van der Waals surface area contributed by atoms with E-state index in [1.807, 2.05) is 6.92 Å². The van der Waals surface area contributed by atoms with Gasteiger partial charge in [-0.15, -0.1) is 11.3 Å². The van der Waals surface area contributed by atoms with E-state index in [4.69, 9.17) is 16.3 Å². The number of fused-ring (bicyclic) bond motifs is 1. The second-order valence-electron chi connectivity index (χ2n) is 4.52. The Morgan fingerprint density at radius 2 is 2.28 bits per heavy atom. The zero-order valence-electron chi connectivity index (χ0n) is 10.3. The summed E-state index contributed by atoms with van der Waals surface area (Å²) >= 11 is 7.98. The maximum absolute atomic E-state index is 6.31. The van der Waals surface area contributed by atoms with E-state index in [9.17, 15) is 0 Å². The molecule has 3 nitrogen and oxygen atoms in total. The molecule has 0 amide bonds. The van der Waals surface area contributed by atoms with Crippen LogP contribution in [0.1, 0.15) is 37.1 Å². The van der Waals surface area contributed by atoms with E-state index in [-0.39, 0.29) is 0 Å². The monoisotopic (exact) mass is 282 g/mol. The van der Waals surface area contributed by atoms with Gasteiger partial charge in [0.05, 0.1) is 12.0 Å². The third kappa shape index (κ3) is 2.37. The third-order valence-electron chi connectivity index (χ3n) is 3.16. The van der Waals surface area contributed by atoms with Crippen LogP contribution in [0.5, 0.6) is 0 Å². The molecule has 5 heteroatoms. The number of halogens is 1. The summed E-state index contributed by atoms with van der Waals surface area (Å²) in [5.74, 6) is 1.47. The fourth-order valence-corrected chi connectivity index (χ4v) is 3.47. The maximum atomic E-state index is 6.31. The van der Waals surface area contributed by atoms with Gasteiger partial charge in [-0.05, 0) is 36.6 Å². The van der Waals surface area contributed by atoms with Crippen LogP contribution in [0.2, 0.25) is 5.15 Å². The van der Waals surface area contributed by atoms with Crippen LogP contribution < -0.4 is 0 Å². The highest BCUT2D eigenvalue weighted by Gasteiger charge is 2.28. The normalized spacial score (nSPS) is 15.4. The van der Waals surface area contributed by atoms with Crippen LogP contribution in [-0.2, 0) is 11.2 Å². The van der Waals surface area contributed by atoms with Gasteiger partial charge in [-0.2, -0.15) is 0 Å². The molecule has 0 radical (unpaired) electrons. The highest BCUT2D eigenvalue weighted by atomic mass is 35.5. The lowest BCUT2D eigenvalue weighted by molar-refractivity contribution is 0.149. The predicted octanol–water partition coefficient (Wildman–Crippen LogP) is 3.80. The van der Waals surface area contributed by atoms with E-state index in [1.54, 1.807) is 11.3 Å². The molecule has 0 aliphatic heterocycles. The van der Waals surface area contributed by atoms with Gasteiger partial charge in [0.2, 0.25) is 0 Å². The maximum Gasteiger partial charge on any atom is 0.141 e. The lowest BCUT2D eigenvalue weighted by atomic mass is 10.1. The highest BCUT2D eigenvalue weighted by molar-refractivity contribution is 7.17. The smallest absolute Gasteiger partial charge is 0.141 e. The van der Waals surface area contributed by atoms with E-state index in [0.717, 1.165) is 29.1 Å². The average Bonchev–Trinajstić information content (AvgIpc) is 3.10. The Balaban J connectivity index is 1.91. The largest absolute Gasteiger partial charge is 0.381 e. The van der Waals surface area contributed by atoms with Gasteiger partial charge in [0, 0.05) is 13.0 Å². The molecule has 1 aliphatic carbocycles. The van der Waals surface area contributed by atoms with Gasteiger partial charge >= 0.3 is 0 Å². The lowest BCUT2D eigenvalue weighted by Crippen LogP contribution is -2.02. The van der Waals surface area contributed by atoms with Gasteiger partial charge in [-0.3, -0.25) is 0 Å². The SMILES string of the molecule is CCOCCc1nc(Cl)c2c(C3CC3)csc2n1. The first-order valence-corrected chi connectivity index (χ1v) is 7.56. The molecule has 1 aliphatic rings. The van der Waals surface area contributed by atoms with Crippen molar-refractivity contribution in [3.8, 4) is 0 Å². The third-order valence-corrected chi connectivity index (χ3v) is 4.32. The number of ether oxygens (including phenoxy) is 1. The first-order chi connectivity index (χ1) is 8.79. The van der Waals surface area contributed by atoms with Crippen molar-refractivity contribution in [2.45, 2.75) is 32.1 Å². The van der Waals surface area contributed by atoms with E-state index in [0.29, 0.717) is 17.7 Å². The lowest BCUT2D eigenvalue weighted by Gasteiger charge is -2.03. The molecule has 2 aromatic rings. The highest BCUT2D eigenvalue weighted by Crippen LogP contribution is 2.46. The molecule has 1 fully saturated rings. The quantitative estimate of drug-likeness (QED) is 0.618. The van der Waals surface area contributed by atoms with Crippen molar-refractivity contribution in [2.75, 3.05) is 13.2 Å². The standard InChI is InChI=1S/C13H15ClN2OS/c1-2-17-6-5-10-15-12(14)11-9(8-3-4-8)7-18-13(11)16-10/h7-8H,2-6H2,1H3. The van der Waals surface area contributed by atoms with Gasteiger partial charge in [0.25, 0.3) is 0 Å². The zero-order valence-corrected chi connectivity index (χ0v) is 11.9. The van der Waals surface area contributed by atoms with Gasteiger partial charge < -0.3 is 4.74 Å². The van der Waals surface area contributed by atoms with Gasteiger partial charge in [-0.25, -0.2) is 9.97 Å². The summed E-state index contributed by atoms with van der Waals surface area (Å²) in [4.78, 5) is 10.00. The summed E-state index contributed by atoms with van der Waals surface area (Å²) in [6, 6.07) is 0. The number of hydrogen-bond acceptors (Lipinski definition) is 4. The molecule has 0 aromatic carbocycles. The summed E-state index contributed by atoms with van der Waals surface area (Å²) in [6.07, 6.45) is 3.27. The van der Waals surface area contributed by atoms with Crippen molar-refractivity contribution in [1.29, 1.82) is 0 Å². The molecule has 0 atom stereocenters. The van der Waals surface area contributed by atoms with Crippen molar-refractivity contribution in [2.24, 2.45) is 0 Å². The molecule has 1 saturated carbocycles. The molecule has 2 heterocycles. The number of hydrogen-bond donors (Lipinski definition) is 0. The van der Waals surface area contributed by atoms with Crippen molar-refractivity contribution < 1.29 is 4.74 Å². The minimum Gasteiger partial charge on any atom is -0.381 e. The van der Waals surface area contributed by atoms with E-state index in [2.05, 4.69) is 15.3 Å². The second kappa shape index (κ2) is 5.11. The van der Waals surface area contributed by atoms with Crippen LogP contribution >= 0.6 is 22.9 Å². The summed E-state index contributed by atoms with van der Waals surface area (Å²) in [7, 11) is 0. The topological polar surface area (TPSA) is 35.0 Å². The predicted molar refractivity (Wildman–Crippen MR) is 74.6 cm³/mol. The van der Waals surface area contributed by atoms with E-state index >= 15 is 0 Å². The molecule has 0 spiro atoms. The van der Waals surface area contributed by atoms with Crippen LogP contribution in [0.25, 0.3) is 10.2 Å². The molecule has 2 aromatic heterocycles. The number of rotatable bonds is 5. The fraction of sp³-hybridized carbons (Fsp3) is 0.538. The van der Waals surface area contributed by atoms with Gasteiger partial charge in [-0.1, -0.05) is 11.6 Å². The summed E-state index contributed by atoms with van der Waals surface area (Å²) in [5, 5.41) is 3.87. The first kappa shape index (κ1) is 12.3. The van der Waals surface area contributed by atoms with Gasteiger partial charge in [0.1, 0.15) is 15.8 Å².